The van der Waals surface area contributed by atoms with Crippen molar-refractivity contribution in [3.05, 3.63) is 112 Å². The third kappa shape index (κ3) is 4.42. The van der Waals surface area contributed by atoms with Crippen molar-refractivity contribution in [2.75, 3.05) is 12.4 Å². The quantitative estimate of drug-likeness (QED) is 0.114. The van der Waals surface area contributed by atoms with Gasteiger partial charge in [0.25, 0.3) is 5.69 Å². The molecule has 0 amide bonds. The average molecular weight is 478 g/mol. The zero-order chi connectivity index (χ0) is 25.1. The summed E-state index contributed by atoms with van der Waals surface area (Å²) in [5.41, 5.74) is 2.61. The minimum Gasteiger partial charge on any atom is -0.504 e. The molecule has 0 radical (unpaired) electrons. The van der Waals surface area contributed by atoms with Crippen molar-refractivity contribution < 1.29 is 14.8 Å². The number of nitrogens with zero attached hydrogens (tertiary/aromatic N) is 2. The van der Waals surface area contributed by atoms with Crippen LogP contribution in [0.15, 0.2) is 96.0 Å². The lowest BCUT2D eigenvalue weighted by Crippen LogP contribution is -2.01. The Morgan fingerprint density at radius 3 is 2.25 bits per heavy atom. The first-order valence-corrected chi connectivity index (χ1v) is 11.4. The maximum Gasteiger partial charge on any atom is 0.274 e. The molecule has 0 heterocycles. The SMILES string of the molecule is COc1cc([N+](=O)[O-])cc(C=Nc2ccccc2NCc2c3ccccc3cc3ccccc23)c1O. The summed E-state index contributed by atoms with van der Waals surface area (Å²) in [5, 5.41) is 29.9. The lowest BCUT2D eigenvalue weighted by atomic mass is 9.96. The van der Waals surface area contributed by atoms with Crippen LogP contribution < -0.4 is 10.1 Å². The number of aromatic hydroxyl groups is 1. The highest BCUT2D eigenvalue weighted by Crippen LogP contribution is 2.35. The van der Waals surface area contributed by atoms with E-state index in [-0.39, 0.29) is 22.7 Å². The Kier molecular flexibility index (Phi) is 6.19. The van der Waals surface area contributed by atoms with Crippen LogP contribution in [0, 0.1) is 10.1 Å². The van der Waals surface area contributed by atoms with Crippen LogP contribution in [0.25, 0.3) is 21.5 Å². The molecule has 0 aliphatic rings. The van der Waals surface area contributed by atoms with E-state index in [1.807, 2.05) is 48.5 Å². The van der Waals surface area contributed by atoms with Crippen LogP contribution in [-0.2, 0) is 6.54 Å². The van der Waals surface area contributed by atoms with Crippen molar-refractivity contribution in [1.82, 2.24) is 0 Å². The number of benzene rings is 5. The van der Waals surface area contributed by atoms with Crippen LogP contribution in [0.2, 0.25) is 0 Å². The molecule has 0 aliphatic carbocycles. The number of aliphatic imine (C=N–C) groups is 1. The molecule has 5 rings (SSSR count). The van der Waals surface area contributed by atoms with Crippen molar-refractivity contribution in [3.8, 4) is 11.5 Å². The fourth-order valence-electron chi connectivity index (χ4n) is 4.33. The zero-order valence-corrected chi connectivity index (χ0v) is 19.5. The molecule has 0 saturated carbocycles. The molecule has 0 saturated heterocycles. The molecular formula is C29H23N3O4. The molecule has 0 aliphatic heterocycles. The normalized spacial score (nSPS) is 11.2. The highest BCUT2D eigenvalue weighted by molar-refractivity contribution is 6.02. The highest BCUT2D eigenvalue weighted by Gasteiger charge is 2.16. The monoisotopic (exact) mass is 477 g/mol. The molecule has 2 N–H and O–H groups in total. The van der Waals surface area contributed by atoms with Gasteiger partial charge in [-0.3, -0.25) is 15.1 Å². The van der Waals surface area contributed by atoms with Gasteiger partial charge in [-0.15, -0.1) is 0 Å². The number of hydrogen-bond acceptors (Lipinski definition) is 6. The predicted molar refractivity (Wildman–Crippen MR) is 144 cm³/mol. The summed E-state index contributed by atoms with van der Waals surface area (Å²) < 4.78 is 5.08. The second-order valence-electron chi connectivity index (χ2n) is 8.27. The summed E-state index contributed by atoms with van der Waals surface area (Å²) in [6, 6.07) is 28.8. The number of hydrogen-bond donors (Lipinski definition) is 2. The van der Waals surface area contributed by atoms with Crippen molar-refractivity contribution in [3.63, 3.8) is 0 Å². The van der Waals surface area contributed by atoms with E-state index >= 15 is 0 Å². The van der Waals surface area contributed by atoms with Gasteiger partial charge >= 0.3 is 0 Å². The summed E-state index contributed by atoms with van der Waals surface area (Å²) >= 11 is 0. The fraction of sp³-hybridized carbons (Fsp3) is 0.0690. The third-order valence-electron chi connectivity index (χ3n) is 6.11. The van der Waals surface area contributed by atoms with Gasteiger partial charge < -0.3 is 15.2 Å². The van der Waals surface area contributed by atoms with Crippen LogP contribution in [0.3, 0.4) is 0 Å². The van der Waals surface area contributed by atoms with E-state index in [9.17, 15) is 15.2 Å². The Morgan fingerprint density at radius 2 is 1.58 bits per heavy atom. The molecule has 0 aromatic heterocycles. The number of nitro benzene ring substituents is 1. The third-order valence-corrected chi connectivity index (χ3v) is 6.11. The standard InChI is InChI=1S/C29H23N3O4/c1-36-28-16-22(32(34)35)15-21(29(28)33)17-30-26-12-6-7-13-27(26)31-18-25-23-10-4-2-8-19(23)14-20-9-3-5-11-24(20)25/h2-17,31,33H,18H2,1H3. The van der Waals surface area contributed by atoms with Crippen molar-refractivity contribution >= 4 is 44.8 Å². The second kappa shape index (κ2) is 9.76. The van der Waals surface area contributed by atoms with E-state index in [0.29, 0.717) is 12.2 Å². The van der Waals surface area contributed by atoms with E-state index in [4.69, 9.17) is 4.74 Å². The summed E-state index contributed by atoms with van der Waals surface area (Å²) in [5.74, 6) is -0.195. The zero-order valence-electron chi connectivity index (χ0n) is 19.5. The number of nitrogens with one attached hydrogen (secondary N) is 1. The molecule has 36 heavy (non-hydrogen) atoms. The van der Waals surface area contributed by atoms with Crippen LogP contribution in [0.5, 0.6) is 11.5 Å². The maximum atomic E-state index is 11.3. The number of para-hydroxylation sites is 2. The lowest BCUT2D eigenvalue weighted by molar-refractivity contribution is -0.385. The first-order chi connectivity index (χ1) is 17.5. The van der Waals surface area contributed by atoms with E-state index in [1.54, 1.807) is 0 Å². The van der Waals surface area contributed by atoms with E-state index in [1.165, 1.54) is 52.6 Å². The molecule has 7 heteroatoms. The Hall–Kier alpha value is -4.91. The Bertz CT molecular complexity index is 1570. The van der Waals surface area contributed by atoms with Crippen LogP contribution in [-0.4, -0.2) is 23.4 Å². The molecule has 0 unspecified atom stereocenters. The smallest absolute Gasteiger partial charge is 0.274 e. The van der Waals surface area contributed by atoms with E-state index < -0.39 is 4.92 Å². The van der Waals surface area contributed by atoms with Gasteiger partial charge in [0.1, 0.15) is 0 Å². The van der Waals surface area contributed by atoms with E-state index in [2.05, 4.69) is 40.6 Å². The van der Waals surface area contributed by atoms with Gasteiger partial charge in [-0.25, -0.2) is 0 Å². The van der Waals surface area contributed by atoms with Gasteiger partial charge in [-0.2, -0.15) is 0 Å². The number of ether oxygens (including phenoxy) is 1. The number of phenolic OH excluding ortho intramolecular Hbond substituents is 1. The fourth-order valence-corrected chi connectivity index (χ4v) is 4.33. The van der Waals surface area contributed by atoms with Crippen molar-refractivity contribution in [2.24, 2.45) is 4.99 Å². The first kappa shape index (κ1) is 22.9. The number of non-ortho nitro benzene ring substituents is 1. The van der Waals surface area contributed by atoms with Gasteiger partial charge in [-0.05, 0) is 45.3 Å². The van der Waals surface area contributed by atoms with Gasteiger partial charge in [-0.1, -0.05) is 60.7 Å². The second-order valence-corrected chi connectivity index (χ2v) is 8.27. The van der Waals surface area contributed by atoms with Crippen LogP contribution in [0.1, 0.15) is 11.1 Å². The van der Waals surface area contributed by atoms with Gasteiger partial charge in [0, 0.05) is 24.4 Å². The van der Waals surface area contributed by atoms with Crippen molar-refractivity contribution in [2.45, 2.75) is 6.54 Å². The van der Waals surface area contributed by atoms with Crippen molar-refractivity contribution in [1.29, 1.82) is 0 Å². The Morgan fingerprint density at radius 1 is 0.944 bits per heavy atom. The molecule has 0 spiro atoms. The van der Waals surface area contributed by atoms with Crippen LogP contribution in [0.4, 0.5) is 17.1 Å². The minimum atomic E-state index is -0.538. The molecule has 178 valence electrons. The maximum absolute atomic E-state index is 11.3. The van der Waals surface area contributed by atoms with Crippen LogP contribution >= 0.6 is 0 Å². The number of nitro groups is 1. The largest absolute Gasteiger partial charge is 0.504 e. The molecule has 0 atom stereocenters. The summed E-state index contributed by atoms with van der Waals surface area (Å²) in [6.07, 6.45) is 1.40. The van der Waals surface area contributed by atoms with Gasteiger partial charge in [0.2, 0.25) is 0 Å². The predicted octanol–water partition coefficient (Wildman–Crippen LogP) is 6.98. The van der Waals surface area contributed by atoms with Gasteiger partial charge in [0.05, 0.1) is 29.5 Å². The summed E-state index contributed by atoms with van der Waals surface area (Å²) in [6.45, 7) is 0.574. The number of rotatable bonds is 7. The Balaban J connectivity index is 1.49. The lowest BCUT2D eigenvalue weighted by Gasteiger charge is -2.14. The minimum absolute atomic E-state index is 0.0138. The number of methoxy groups -OCH3 is 1. The molecule has 7 nitrogen and oxygen atoms in total. The first-order valence-electron chi connectivity index (χ1n) is 11.4. The Labute approximate surface area is 207 Å². The molecular weight excluding hydrogens is 454 g/mol. The molecule has 5 aromatic rings. The summed E-state index contributed by atoms with van der Waals surface area (Å²) in [4.78, 5) is 15.3. The number of phenols is 1. The molecule has 0 fully saturated rings. The molecule has 5 aromatic carbocycles. The topological polar surface area (TPSA) is 97.0 Å². The average Bonchev–Trinajstić information content (AvgIpc) is 2.90. The van der Waals surface area contributed by atoms with Gasteiger partial charge in [0.15, 0.2) is 11.5 Å². The number of anilines is 1. The number of fused-ring (bicyclic) bond motifs is 2. The van der Waals surface area contributed by atoms with E-state index in [0.717, 1.165) is 5.69 Å². The highest BCUT2D eigenvalue weighted by atomic mass is 16.6. The molecule has 0 bridgehead atoms. The summed E-state index contributed by atoms with van der Waals surface area (Å²) in [7, 11) is 1.34.